The van der Waals surface area contributed by atoms with Gasteiger partial charge in [-0.05, 0) is 43.9 Å². The molecule has 1 saturated carbocycles. The van der Waals surface area contributed by atoms with Crippen LogP contribution >= 0.6 is 0 Å². The van der Waals surface area contributed by atoms with Crippen LogP contribution in [0.3, 0.4) is 0 Å². The zero-order valence-corrected chi connectivity index (χ0v) is 12.7. The summed E-state index contributed by atoms with van der Waals surface area (Å²) in [7, 11) is 0. The van der Waals surface area contributed by atoms with Crippen molar-refractivity contribution in [3.63, 3.8) is 0 Å². The zero-order chi connectivity index (χ0) is 14.4. The number of anilines is 1. The highest BCUT2D eigenvalue weighted by molar-refractivity contribution is 5.93. The first-order valence-corrected chi connectivity index (χ1v) is 7.75. The molecule has 1 aliphatic rings. The van der Waals surface area contributed by atoms with Crippen molar-refractivity contribution in [2.45, 2.75) is 58.4 Å². The second-order valence-electron chi connectivity index (χ2n) is 5.94. The summed E-state index contributed by atoms with van der Waals surface area (Å²) in [6, 6.07) is 6.65. The topological polar surface area (TPSA) is 41.1 Å². The van der Waals surface area contributed by atoms with Gasteiger partial charge >= 0.3 is 0 Å². The minimum Gasteiger partial charge on any atom is -0.325 e. The van der Waals surface area contributed by atoms with Crippen LogP contribution in [0.15, 0.2) is 18.2 Å². The van der Waals surface area contributed by atoms with Crippen LogP contribution in [-0.4, -0.2) is 18.5 Å². The van der Waals surface area contributed by atoms with E-state index in [1.54, 1.807) is 0 Å². The van der Waals surface area contributed by atoms with E-state index < -0.39 is 0 Å². The van der Waals surface area contributed by atoms with Gasteiger partial charge in [0, 0.05) is 11.7 Å². The van der Waals surface area contributed by atoms with Crippen molar-refractivity contribution >= 4 is 11.6 Å². The minimum atomic E-state index is 0.0583. The predicted molar refractivity (Wildman–Crippen MR) is 84.0 cm³/mol. The summed E-state index contributed by atoms with van der Waals surface area (Å²) < 4.78 is 0. The van der Waals surface area contributed by atoms with Crippen LogP contribution < -0.4 is 10.6 Å². The lowest BCUT2D eigenvalue weighted by atomic mass is 10.1. The van der Waals surface area contributed by atoms with E-state index in [9.17, 15) is 4.79 Å². The standard InChI is InChI=1S/C17H26N2O/c1-13-9-10-14(2)16(11-13)19-17(20)12-18-15-7-5-3-4-6-8-15/h9-11,15,18H,3-8,12H2,1-2H3,(H,19,20). The number of benzene rings is 1. The third-order valence-electron chi connectivity index (χ3n) is 4.07. The van der Waals surface area contributed by atoms with Gasteiger partial charge in [0.1, 0.15) is 0 Å². The third kappa shape index (κ3) is 4.64. The molecule has 2 N–H and O–H groups in total. The monoisotopic (exact) mass is 274 g/mol. The molecule has 0 bridgehead atoms. The van der Waals surface area contributed by atoms with Gasteiger partial charge in [0.05, 0.1) is 6.54 Å². The number of rotatable bonds is 4. The van der Waals surface area contributed by atoms with Crippen LogP contribution in [0.5, 0.6) is 0 Å². The molecule has 1 amide bonds. The first kappa shape index (κ1) is 15.0. The van der Waals surface area contributed by atoms with E-state index in [1.807, 2.05) is 26.0 Å². The lowest BCUT2D eigenvalue weighted by Crippen LogP contribution is -2.35. The third-order valence-corrected chi connectivity index (χ3v) is 4.07. The van der Waals surface area contributed by atoms with Gasteiger partial charge in [0.2, 0.25) is 5.91 Å². The fraction of sp³-hybridized carbons (Fsp3) is 0.588. The molecule has 0 radical (unpaired) electrons. The lowest BCUT2D eigenvalue weighted by Gasteiger charge is -2.16. The van der Waals surface area contributed by atoms with Crippen molar-refractivity contribution in [2.24, 2.45) is 0 Å². The van der Waals surface area contributed by atoms with E-state index in [0.717, 1.165) is 11.3 Å². The van der Waals surface area contributed by atoms with E-state index >= 15 is 0 Å². The average Bonchev–Trinajstić information content (AvgIpc) is 2.69. The minimum absolute atomic E-state index is 0.0583. The molecule has 3 nitrogen and oxygen atoms in total. The van der Waals surface area contributed by atoms with E-state index in [2.05, 4.69) is 16.7 Å². The Morgan fingerprint density at radius 1 is 1.15 bits per heavy atom. The summed E-state index contributed by atoms with van der Waals surface area (Å²) >= 11 is 0. The van der Waals surface area contributed by atoms with E-state index in [4.69, 9.17) is 0 Å². The Hall–Kier alpha value is -1.35. The molecule has 0 spiro atoms. The maximum Gasteiger partial charge on any atom is 0.238 e. The molecule has 3 heteroatoms. The summed E-state index contributed by atoms with van der Waals surface area (Å²) in [5, 5.41) is 6.41. The van der Waals surface area contributed by atoms with Gasteiger partial charge in [-0.15, -0.1) is 0 Å². The lowest BCUT2D eigenvalue weighted by molar-refractivity contribution is -0.115. The number of amides is 1. The fourth-order valence-corrected chi connectivity index (χ4v) is 2.79. The highest BCUT2D eigenvalue weighted by atomic mass is 16.1. The number of carbonyl (C=O) groups excluding carboxylic acids is 1. The maximum atomic E-state index is 12.0. The van der Waals surface area contributed by atoms with Crippen molar-refractivity contribution in [3.8, 4) is 0 Å². The maximum absolute atomic E-state index is 12.0. The van der Waals surface area contributed by atoms with Gasteiger partial charge in [0.25, 0.3) is 0 Å². The highest BCUT2D eigenvalue weighted by Gasteiger charge is 2.13. The van der Waals surface area contributed by atoms with Crippen molar-refractivity contribution in [1.29, 1.82) is 0 Å². The Balaban J connectivity index is 1.81. The van der Waals surface area contributed by atoms with Gasteiger partial charge < -0.3 is 10.6 Å². The molecule has 1 fully saturated rings. The summed E-state index contributed by atoms with van der Waals surface area (Å²) in [4.78, 5) is 12.0. The van der Waals surface area contributed by atoms with E-state index in [-0.39, 0.29) is 5.91 Å². The molecule has 0 atom stereocenters. The molecule has 20 heavy (non-hydrogen) atoms. The normalized spacial score (nSPS) is 16.7. The Labute approximate surface area is 122 Å². The Bertz CT molecular complexity index is 448. The van der Waals surface area contributed by atoms with Crippen molar-refractivity contribution in [3.05, 3.63) is 29.3 Å². The zero-order valence-electron chi connectivity index (χ0n) is 12.7. The SMILES string of the molecule is Cc1ccc(C)c(NC(=O)CNC2CCCCCC2)c1. The second kappa shape index (κ2) is 7.44. The molecule has 1 aliphatic carbocycles. The molecule has 110 valence electrons. The van der Waals surface area contributed by atoms with Crippen molar-refractivity contribution in [2.75, 3.05) is 11.9 Å². The van der Waals surface area contributed by atoms with Crippen molar-refractivity contribution < 1.29 is 4.79 Å². The molecule has 0 heterocycles. The molecule has 0 aromatic heterocycles. The smallest absolute Gasteiger partial charge is 0.238 e. The summed E-state index contributed by atoms with van der Waals surface area (Å²) in [6.45, 7) is 4.48. The second-order valence-corrected chi connectivity index (χ2v) is 5.94. The van der Waals surface area contributed by atoms with E-state index in [0.29, 0.717) is 12.6 Å². The van der Waals surface area contributed by atoms with E-state index in [1.165, 1.54) is 44.1 Å². The van der Waals surface area contributed by atoms with Gasteiger partial charge in [-0.3, -0.25) is 4.79 Å². The molecular formula is C17H26N2O. The number of nitrogens with one attached hydrogen (secondary N) is 2. The average molecular weight is 274 g/mol. The van der Waals surface area contributed by atoms with Gasteiger partial charge in [-0.25, -0.2) is 0 Å². The highest BCUT2D eigenvalue weighted by Crippen LogP contribution is 2.18. The molecule has 0 unspecified atom stereocenters. The van der Waals surface area contributed by atoms with Gasteiger partial charge in [-0.1, -0.05) is 37.8 Å². The summed E-state index contributed by atoms with van der Waals surface area (Å²) in [5.74, 6) is 0.0583. The molecule has 0 saturated heterocycles. The predicted octanol–water partition coefficient (Wildman–Crippen LogP) is 3.55. The van der Waals surface area contributed by atoms with Gasteiger partial charge in [-0.2, -0.15) is 0 Å². The molecule has 1 aromatic rings. The van der Waals surface area contributed by atoms with Crippen LogP contribution in [0, 0.1) is 13.8 Å². The molecule has 0 aliphatic heterocycles. The first-order valence-electron chi connectivity index (χ1n) is 7.75. The number of hydrogen-bond acceptors (Lipinski definition) is 2. The Morgan fingerprint density at radius 3 is 2.55 bits per heavy atom. The quantitative estimate of drug-likeness (QED) is 0.824. The van der Waals surface area contributed by atoms with Gasteiger partial charge in [0.15, 0.2) is 0 Å². The van der Waals surface area contributed by atoms with Crippen LogP contribution in [0.4, 0.5) is 5.69 Å². The summed E-state index contributed by atoms with van der Waals surface area (Å²) in [5.41, 5.74) is 3.21. The van der Waals surface area contributed by atoms with Crippen LogP contribution in [0.1, 0.15) is 49.7 Å². The van der Waals surface area contributed by atoms with Crippen LogP contribution in [-0.2, 0) is 4.79 Å². The first-order chi connectivity index (χ1) is 9.65. The molecule has 1 aromatic carbocycles. The van der Waals surface area contributed by atoms with Crippen molar-refractivity contribution in [1.82, 2.24) is 5.32 Å². The molecule has 2 rings (SSSR count). The van der Waals surface area contributed by atoms with Crippen LogP contribution in [0.2, 0.25) is 0 Å². The molecular weight excluding hydrogens is 248 g/mol. The fourth-order valence-electron chi connectivity index (χ4n) is 2.79. The number of carbonyl (C=O) groups is 1. The van der Waals surface area contributed by atoms with Crippen LogP contribution in [0.25, 0.3) is 0 Å². The number of aryl methyl sites for hydroxylation is 2. The summed E-state index contributed by atoms with van der Waals surface area (Å²) in [6.07, 6.45) is 7.67. The largest absolute Gasteiger partial charge is 0.325 e. The Kier molecular flexibility index (Phi) is 5.60. The Morgan fingerprint density at radius 2 is 1.85 bits per heavy atom. The number of hydrogen-bond donors (Lipinski definition) is 2.